The van der Waals surface area contributed by atoms with Crippen LogP contribution in [0.4, 0.5) is 5.69 Å². The zero-order chi connectivity index (χ0) is 16.0. The minimum atomic E-state index is -1.07. The number of carboxylic acids is 1. The lowest BCUT2D eigenvalue weighted by Gasteiger charge is -2.28. The minimum absolute atomic E-state index is 0.120. The second-order valence-corrected chi connectivity index (χ2v) is 5.01. The largest absolute Gasteiger partial charge is 0.494 e. The zero-order valence-electron chi connectivity index (χ0n) is 12.7. The van der Waals surface area contributed by atoms with Crippen molar-refractivity contribution in [2.75, 3.05) is 19.1 Å². The molecule has 0 bridgehead atoms. The number of amides is 1. The number of anilines is 1. The summed E-state index contributed by atoms with van der Waals surface area (Å²) >= 11 is 0. The number of para-hydroxylation sites is 1. The van der Waals surface area contributed by atoms with E-state index in [0.717, 1.165) is 4.90 Å². The highest BCUT2D eigenvalue weighted by atomic mass is 16.5. The van der Waals surface area contributed by atoms with Crippen LogP contribution in [0.2, 0.25) is 0 Å². The van der Waals surface area contributed by atoms with Crippen LogP contribution in [-0.4, -0.2) is 37.7 Å². The van der Waals surface area contributed by atoms with E-state index in [0.29, 0.717) is 30.0 Å². The van der Waals surface area contributed by atoms with E-state index in [1.54, 1.807) is 18.2 Å². The van der Waals surface area contributed by atoms with Crippen molar-refractivity contribution >= 4 is 18.1 Å². The molecule has 1 N–H and O–H groups in total. The average molecular weight is 295 g/mol. The number of benzene rings is 1. The first-order valence-electron chi connectivity index (χ1n) is 6.63. The third-order valence-corrected chi connectivity index (χ3v) is 3.09. The lowest BCUT2D eigenvalue weighted by molar-refractivity contribution is -0.139. The fourth-order valence-corrected chi connectivity index (χ4v) is 2.15. The normalized spacial score (nSPS) is 11.9. The molecule has 1 unspecified atom stereocenters. The molecule has 0 aliphatic rings. The van der Waals surface area contributed by atoms with E-state index >= 15 is 0 Å². The van der Waals surface area contributed by atoms with Gasteiger partial charge in [0.1, 0.15) is 23.2 Å². The third kappa shape index (κ3) is 3.87. The summed E-state index contributed by atoms with van der Waals surface area (Å²) in [6, 6.07) is 4.04. The summed E-state index contributed by atoms with van der Waals surface area (Å²) < 4.78 is 10.5. The summed E-state index contributed by atoms with van der Waals surface area (Å²) in [5.74, 6) is -0.175. The summed E-state index contributed by atoms with van der Waals surface area (Å²) in [6.45, 7) is 3.80. The lowest BCUT2D eigenvalue weighted by atomic mass is 10.0. The standard InChI is InChI=1S/C15H21NO5/c1-10(2)8-11(15(18)19)16(9-17)14-12(20-3)6-5-7-13(14)21-4/h5-7,9-11H,8H2,1-4H3,(H,18,19). The van der Waals surface area contributed by atoms with Crippen LogP contribution in [0.3, 0.4) is 0 Å². The second kappa shape index (κ2) is 7.52. The predicted octanol–water partition coefficient (Wildman–Crippen LogP) is 2.17. The summed E-state index contributed by atoms with van der Waals surface area (Å²) in [6.07, 6.45) is 0.830. The van der Waals surface area contributed by atoms with Crippen LogP contribution in [-0.2, 0) is 9.59 Å². The van der Waals surface area contributed by atoms with Crippen molar-refractivity contribution in [1.29, 1.82) is 0 Å². The van der Waals surface area contributed by atoms with Crippen molar-refractivity contribution in [2.45, 2.75) is 26.3 Å². The van der Waals surface area contributed by atoms with Crippen molar-refractivity contribution < 1.29 is 24.2 Å². The molecule has 0 aliphatic carbocycles. The first-order chi connectivity index (χ1) is 9.96. The summed E-state index contributed by atoms with van der Waals surface area (Å²) in [5.41, 5.74) is 0.325. The molecule has 0 aliphatic heterocycles. The van der Waals surface area contributed by atoms with E-state index in [1.807, 2.05) is 13.8 Å². The topological polar surface area (TPSA) is 76.1 Å². The number of rotatable bonds is 8. The van der Waals surface area contributed by atoms with Gasteiger partial charge in [-0.25, -0.2) is 4.79 Å². The van der Waals surface area contributed by atoms with Crippen LogP contribution < -0.4 is 14.4 Å². The van der Waals surface area contributed by atoms with Crippen molar-refractivity contribution in [3.63, 3.8) is 0 Å². The molecule has 1 aromatic rings. The van der Waals surface area contributed by atoms with Crippen LogP contribution in [0.1, 0.15) is 20.3 Å². The fraction of sp³-hybridized carbons (Fsp3) is 0.467. The molecular formula is C15H21NO5. The summed E-state index contributed by atoms with van der Waals surface area (Å²) in [7, 11) is 2.92. The highest BCUT2D eigenvalue weighted by molar-refractivity contribution is 5.91. The molecular weight excluding hydrogens is 274 g/mol. The van der Waals surface area contributed by atoms with Gasteiger partial charge in [-0.3, -0.25) is 9.69 Å². The number of carbonyl (C=O) groups excluding carboxylic acids is 1. The van der Waals surface area contributed by atoms with Gasteiger partial charge in [-0.2, -0.15) is 0 Å². The molecule has 0 heterocycles. The van der Waals surface area contributed by atoms with Crippen LogP contribution in [0.15, 0.2) is 18.2 Å². The number of carboxylic acid groups (broad SMARTS) is 1. The van der Waals surface area contributed by atoms with Crippen LogP contribution in [0.25, 0.3) is 0 Å². The maximum absolute atomic E-state index is 11.5. The Morgan fingerprint density at radius 1 is 1.29 bits per heavy atom. The number of nitrogens with zero attached hydrogens (tertiary/aromatic N) is 1. The van der Waals surface area contributed by atoms with E-state index in [2.05, 4.69) is 0 Å². The molecule has 1 aromatic carbocycles. The smallest absolute Gasteiger partial charge is 0.326 e. The van der Waals surface area contributed by atoms with Gasteiger partial charge < -0.3 is 14.6 Å². The van der Waals surface area contributed by atoms with Crippen LogP contribution >= 0.6 is 0 Å². The molecule has 6 nitrogen and oxygen atoms in total. The maximum atomic E-state index is 11.5. The Morgan fingerprint density at radius 2 is 1.81 bits per heavy atom. The molecule has 116 valence electrons. The Morgan fingerprint density at radius 3 is 2.14 bits per heavy atom. The first-order valence-corrected chi connectivity index (χ1v) is 6.63. The minimum Gasteiger partial charge on any atom is -0.494 e. The summed E-state index contributed by atoms with van der Waals surface area (Å²) in [5, 5.41) is 9.43. The molecule has 0 aromatic heterocycles. The SMILES string of the molecule is COc1cccc(OC)c1N(C=O)C(CC(C)C)C(=O)O. The average Bonchev–Trinajstić information content (AvgIpc) is 2.46. The molecule has 1 amide bonds. The van der Waals surface area contributed by atoms with Crippen LogP contribution in [0, 0.1) is 5.92 Å². The van der Waals surface area contributed by atoms with Gasteiger partial charge in [0, 0.05) is 0 Å². The third-order valence-electron chi connectivity index (χ3n) is 3.09. The molecule has 6 heteroatoms. The van der Waals surface area contributed by atoms with Gasteiger partial charge in [-0.1, -0.05) is 19.9 Å². The Kier molecular flexibility index (Phi) is 6.02. The summed E-state index contributed by atoms with van der Waals surface area (Å²) in [4.78, 5) is 24.2. The molecule has 1 rings (SSSR count). The monoisotopic (exact) mass is 295 g/mol. The number of aliphatic carboxylic acids is 1. The van der Waals surface area contributed by atoms with Gasteiger partial charge in [0.15, 0.2) is 0 Å². The number of ether oxygens (including phenoxy) is 2. The Bertz CT molecular complexity index is 479. The molecule has 0 saturated heterocycles. The van der Waals surface area contributed by atoms with Gasteiger partial charge in [0.25, 0.3) is 0 Å². The van der Waals surface area contributed by atoms with Gasteiger partial charge in [0.05, 0.1) is 14.2 Å². The first kappa shape index (κ1) is 16.8. The fourth-order valence-electron chi connectivity index (χ4n) is 2.15. The lowest BCUT2D eigenvalue weighted by Crippen LogP contribution is -2.41. The maximum Gasteiger partial charge on any atom is 0.326 e. The van der Waals surface area contributed by atoms with E-state index in [9.17, 15) is 14.7 Å². The van der Waals surface area contributed by atoms with Gasteiger partial charge >= 0.3 is 5.97 Å². The van der Waals surface area contributed by atoms with Gasteiger partial charge in [0.2, 0.25) is 6.41 Å². The number of hydrogen-bond donors (Lipinski definition) is 1. The molecule has 1 atom stereocenters. The van der Waals surface area contributed by atoms with E-state index < -0.39 is 12.0 Å². The number of carbonyl (C=O) groups is 2. The highest BCUT2D eigenvalue weighted by Gasteiger charge is 2.30. The van der Waals surface area contributed by atoms with Gasteiger partial charge in [-0.15, -0.1) is 0 Å². The molecule has 0 spiro atoms. The highest BCUT2D eigenvalue weighted by Crippen LogP contribution is 2.38. The zero-order valence-corrected chi connectivity index (χ0v) is 12.7. The number of methoxy groups -OCH3 is 2. The second-order valence-electron chi connectivity index (χ2n) is 5.01. The van der Waals surface area contributed by atoms with E-state index in [-0.39, 0.29) is 5.92 Å². The van der Waals surface area contributed by atoms with Gasteiger partial charge in [-0.05, 0) is 24.5 Å². The Hall–Kier alpha value is -2.24. The quantitative estimate of drug-likeness (QED) is 0.744. The Balaban J connectivity index is 3.36. The van der Waals surface area contributed by atoms with Crippen molar-refractivity contribution in [3.05, 3.63) is 18.2 Å². The van der Waals surface area contributed by atoms with Crippen molar-refractivity contribution in [1.82, 2.24) is 0 Å². The number of hydrogen-bond acceptors (Lipinski definition) is 4. The van der Waals surface area contributed by atoms with Crippen LogP contribution in [0.5, 0.6) is 11.5 Å². The molecule has 0 fully saturated rings. The molecule has 21 heavy (non-hydrogen) atoms. The van der Waals surface area contributed by atoms with Crippen molar-refractivity contribution in [3.8, 4) is 11.5 Å². The van der Waals surface area contributed by atoms with E-state index in [4.69, 9.17) is 9.47 Å². The molecule has 0 radical (unpaired) electrons. The van der Waals surface area contributed by atoms with Crippen molar-refractivity contribution in [2.24, 2.45) is 5.92 Å². The van der Waals surface area contributed by atoms with E-state index in [1.165, 1.54) is 14.2 Å². The molecule has 0 saturated carbocycles. The Labute approximate surface area is 124 Å². The predicted molar refractivity (Wildman–Crippen MR) is 79.0 cm³/mol.